The summed E-state index contributed by atoms with van der Waals surface area (Å²) in [5, 5.41) is 9.55. The number of carboxylic acids is 1. The van der Waals surface area contributed by atoms with Crippen molar-refractivity contribution in [2.75, 3.05) is 0 Å². The summed E-state index contributed by atoms with van der Waals surface area (Å²) in [7, 11) is 0. The summed E-state index contributed by atoms with van der Waals surface area (Å²) in [6, 6.07) is 26.5. The first kappa shape index (κ1) is 20.7. The zero-order chi connectivity index (χ0) is 20.5. The maximum Gasteiger partial charge on any atom is 0.354 e. The molecule has 1 N–H and O–H groups in total. The third-order valence-electron chi connectivity index (χ3n) is 4.93. The van der Waals surface area contributed by atoms with Gasteiger partial charge in [0.05, 0.1) is 5.52 Å². The fourth-order valence-electron chi connectivity index (χ4n) is 3.66. The average molecular weight is 584 g/mol. The monoisotopic (exact) mass is 584 g/mol. The van der Waals surface area contributed by atoms with E-state index in [0.717, 1.165) is 11.2 Å². The maximum absolute atomic E-state index is 10.1. The van der Waals surface area contributed by atoms with Gasteiger partial charge in [-0.25, -0.2) is 9.78 Å². The van der Waals surface area contributed by atoms with E-state index in [1.54, 1.807) is 24.5 Å². The average Bonchev–Trinajstić information content (AvgIpc) is 3.44. The van der Waals surface area contributed by atoms with E-state index >= 15 is 0 Å². The molecular weight excluding hydrogens is 569 g/mol. The number of benzene rings is 2. The van der Waals surface area contributed by atoms with Crippen molar-refractivity contribution < 1.29 is 34.4 Å². The molecule has 0 aliphatic heterocycles. The number of rotatable bonds is 2. The number of hydrogen-bond donors (Lipinski definition) is 1. The molecule has 1 radical (unpaired) electrons. The Labute approximate surface area is 191 Å². The van der Waals surface area contributed by atoms with Crippen LogP contribution < -0.4 is 0 Å². The summed E-state index contributed by atoms with van der Waals surface area (Å²) in [6.45, 7) is 0. The largest absolute Gasteiger partial charge is 0.545 e. The van der Waals surface area contributed by atoms with Crippen molar-refractivity contribution in [3.05, 3.63) is 97.0 Å². The summed E-state index contributed by atoms with van der Waals surface area (Å²) in [4.78, 5) is 18.5. The van der Waals surface area contributed by atoms with Gasteiger partial charge in [-0.2, -0.15) is 0 Å². The van der Waals surface area contributed by atoms with E-state index in [9.17, 15) is 4.79 Å². The van der Waals surface area contributed by atoms with Gasteiger partial charge in [-0.05, 0) is 46.7 Å². The zero-order valence-electron chi connectivity index (χ0n) is 16.1. The molecule has 0 fully saturated rings. The first-order valence-electron chi connectivity index (χ1n) is 9.36. The van der Waals surface area contributed by atoms with E-state index in [1.807, 2.05) is 0 Å². The van der Waals surface area contributed by atoms with Gasteiger partial charge >= 0.3 is 5.97 Å². The van der Waals surface area contributed by atoms with Crippen LogP contribution in [0.5, 0.6) is 0 Å². The number of carbonyl (C=O) groups is 1. The number of carboxylic acid groups (broad SMARTS) is 1. The van der Waals surface area contributed by atoms with E-state index in [1.165, 1.54) is 39.9 Å². The van der Waals surface area contributed by atoms with Gasteiger partial charge in [0.1, 0.15) is 5.69 Å². The summed E-state index contributed by atoms with van der Waals surface area (Å²) >= 11 is 0. The van der Waals surface area contributed by atoms with Crippen LogP contribution in [0, 0.1) is 6.07 Å². The second-order valence-corrected chi connectivity index (χ2v) is 6.71. The smallest absolute Gasteiger partial charge is 0.354 e. The number of aromatic carboxylic acids is 1. The van der Waals surface area contributed by atoms with Gasteiger partial charge in [0.15, 0.2) is 0 Å². The molecule has 6 heteroatoms. The normalized spacial score (nSPS) is 10.6. The number of fused-ring (bicyclic) bond motifs is 3. The predicted octanol–water partition coefficient (Wildman–Crippen LogP) is 5.72. The molecule has 0 atom stereocenters. The molecule has 1 aliphatic carbocycles. The molecule has 3 heterocycles. The van der Waals surface area contributed by atoms with Gasteiger partial charge in [0.25, 0.3) is 0 Å². The molecule has 0 unspecified atom stereocenters. The minimum atomic E-state index is -0.990. The Kier molecular flexibility index (Phi) is 5.76. The van der Waals surface area contributed by atoms with Crippen molar-refractivity contribution in [1.29, 1.82) is 0 Å². The van der Waals surface area contributed by atoms with Crippen LogP contribution in [0.15, 0.2) is 89.7 Å². The predicted molar refractivity (Wildman–Crippen MR) is 114 cm³/mol. The van der Waals surface area contributed by atoms with E-state index in [2.05, 4.69) is 59.6 Å². The number of aromatic nitrogens is 2. The second-order valence-electron chi connectivity index (χ2n) is 6.71. The molecular formula is C25H15IrN2O3-. The van der Waals surface area contributed by atoms with Gasteiger partial charge in [-0.3, -0.25) is 0 Å². The van der Waals surface area contributed by atoms with Crippen molar-refractivity contribution in [2.45, 2.75) is 0 Å². The van der Waals surface area contributed by atoms with E-state index in [0.29, 0.717) is 5.76 Å². The van der Waals surface area contributed by atoms with Crippen LogP contribution >= 0.6 is 0 Å². The molecule has 31 heavy (non-hydrogen) atoms. The Morgan fingerprint density at radius 1 is 0.903 bits per heavy atom. The van der Waals surface area contributed by atoms with Crippen molar-refractivity contribution in [3.63, 3.8) is 0 Å². The molecule has 0 spiro atoms. The molecule has 0 saturated carbocycles. The van der Waals surface area contributed by atoms with Crippen molar-refractivity contribution in [2.24, 2.45) is 0 Å². The summed E-state index contributed by atoms with van der Waals surface area (Å²) in [6.07, 6.45) is 3.08. The molecule has 6 rings (SSSR count). The molecule has 5 aromatic rings. The van der Waals surface area contributed by atoms with Gasteiger partial charge in [0.2, 0.25) is 0 Å². The van der Waals surface area contributed by atoms with Gasteiger partial charge in [0, 0.05) is 43.1 Å². The fourth-order valence-corrected chi connectivity index (χ4v) is 3.66. The fraction of sp³-hybridized carbons (Fsp3) is 0. The summed E-state index contributed by atoms with van der Waals surface area (Å²) < 4.78 is 5.45. The molecule has 1 aliphatic rings. The Morgan fingerprint density at radius 2 is 1.65 bits per heavy atom. The minimum absolute atomic E-state index is 0. The number of pyridine rings is 2. The Morgan fingerprint density at radius 3 is 2.29 bits per heavy atom. The van der Waals surface area contributed by atoms with Gasteiger partial charge < -0.3 is 14.5 Å². The van der Waals surface area contributed by atoms with E-state index < -0.39 is 5.97 Å². The SMILES string of the molecule is O=C(O)c1ccccn1.[Ir].[c-]1ccoc1-c1cc2c3c(cccc3n1)-c1ccccc1-2. The minimum Gasteiger partial charge on any atom is -0.545 e. The standard InChI is InChI=1S/C19H10NO.C6H5NO2.Ir/c1-2-6-13-12(5-1)14-7-3-8-16-19(14)15(13)11-17(20-16)18-9-4-10-21-18;8-6(9)5-3-1-2-4-7-5;/h1-8,10-11H;1-4H,(H,8,9);/q-1;;. The quantitative estimate of drug-likeness (QED) is 0.264. The molecule has 0 saturated heterocycles. The topological polar surface area (TPSA) is 76.2 Å². The van der Waals surface area contributed by atoms with Crippen LogP contribution in [0.25, 0.3) is 44.6 Å². The van der Waals surface area contributed by atoms with Crippen LogP contribution in [0.4, 0.5) is 0 Å². The van der Waals surface area contributed by atoms with Gasteiger partial charge in [-0.1, -0.05) is 48.5 Å². The molecule has 2 aromatic carbocycles. The number of hydrogen-bond acceptors (Lipinski definition) is 4. The summed E-state index contributed by atoms with van der Waals surface area (Å²) in [5.41, 5.74) is 6.95. The van der Waals surface area contributed by atoms with Crippen molar-refractivity contribution in [3.8, 4) is 33.7 Å². The first-order chi connectivity index (χ1) is 14.7. The molecule has 0 amide bonds. The Balaban J connectivity index is 0.000000198. The molecule has 3 aromatic heterocycles. The molecule has 0 bridgehead atoms. The van der Waals surface area contributed by atoms with Crippen molar-refractivity contribution in [1.82, 2.24) is 9.97 Å². The molecule has 153 valence electrons. The van der Waals surface area contributed by atoms with Crippen molar-refractivity contribution >= 4 is 16.9 Å². The molecule has 5 nitrogen and oxygen atoms in total. The van der Waals surface area contributed by atoms with Crippen LogP contribution in [0.2, 0.25) is 0 Å². The Hall–Kier alpha value is -3.60. The number of furan rings is 1. The third kappa shape index (κ3) is 3.79. The van der Waals surface area contributed by atoms with E-state index in [-0.39, 0.29) is 25.8 Å². The summed E-state index contributed by atoms with van der Waals surface area (Å²) in [5.74, 6) is -0.307. The Bertz CT molecular complexity index is 1370. The zero-order valence-corrected chi connectivity index (χ0v) is 18.5. The van der Waals surface area contributed by atoms with Crippen LogP contribution in [0.1, 0.15) is 10.5 Å². The number of nitrogens with zero attached hydrogens (tertiary/aromatic N) is 2. The van der Waals surface area contributed by atoms with Gasteiger partial charge in [-0.15, -0.1) is 12.1 Å². The van der Waals surface area contributed by atoms with Crippen LogP contribution in [0.3, 0.4) is 0 Å². The third-order valence-corrected chi connectivity index (χ3v) is 4.93. The van der Waals surface area contributed by atoms with Crippen LogP contribution in [-0.2, 0) is 20.1 Å². The first-order valence-corrected chi connectivity index (χ1v) is 9.36. The second kappa shape index (κ2) is 8.64. The van der Waals surface area contributed by atoms with E-state index in [4.69, 9.17) is 14.5 Å². The van der Waals surface area contributed by atoms with Crippen LogP contribution in [-0.4, -0.2) is 21.0 Å². The maximum atomic E-state index is 10.1.